The molecule has 8 heteroatoms. The van der Waals surface area contributed by atoms with Crippen LogP contribution in [0.1, 0.15) is 31.2 Å². The fourth-order valence-electron chi connectivity index (χ4n) is 3.45. The Morgan fingerprint density at radius 3 is 2.35 bits per heavy atom. The molecule has 0 N–H and O–H groups in total. The third kappa shape index (κ3) is 4.86. The van der Waals surface area contributed by atoms with E-state index in [0.717, 1.165) is 24.2 Å². The lowest BCUT2D eigenvalue weighted by atomic mass is 10.0. The van der Waals surface area contributed by atoms with Crippen LogP contribution in [-0.4, -0.2) is 43.1 Å². The first-order valence-electron chi connectivity index (χ1n) is 10.2. The molecular formula is C23H25N3O4S. The Hall–Kier alpha value is -2.97. The van der Waals surface area contributed by atoms with Crippen LogP contribution in [0, 0.1) is 5.92 Å². The summed E-state index contributed by atoms with van der Waals surface area (Å²) in [7, 11) is -1.85. The summed E-state index contributed by atoms with van der Waals surface area (Å²) in [5.74, 6) is 2.13. The number of nitrogens with zero attached hydrogens (tertiary/aromatic N) is 3. The molecule has 0 unspecified atom stereocenters. The van der Waals surface area contributed by atoms with Crippen molar-refractivity contribution < 1.29 is 17.7 Å². The molecule has 0 radical (unpaired) electrons. The van der Waals surface area contributed by atoms with E-state index in [0.29, 0.717) is 36.3 Å². The van der Waals surface area contributed by atoms with Gasteiger partial charge in [-0.1, -0.05) is 24.2 Å². The highest BCUT2D eigenvalue weighted by Gasteiger charge is 2.28. The zero-order valence-corrected chi connectivity index (χ0v) is 18.4. The largest absolute Gasteiger partial charge is 0.497 e. The molecular weight excluding hydrogens is 414 g/mol. The third-order valence-corrected chi connectivity index (χ3v) is 7.38. The standard InChI is InChI=1S/C23H25N3O4S/c1-17-13-15-26(16-14-17)31(27,28)21-10-6-19(7-11-21)23-24-22(30-25-23)12-5-18-3-8-20(29-2)9-4-18/h3-12,17H,13-16H2,1-2H3. The molecule has 1 fully saturated rings. The summed E-state index contributed by atoms with van der Waals surface area (Å²) >= 11 is 0. The van der Waals surface area contributed by atoms with Gasteiger partial charge in [0.25, 0.3) is 5.89 Å². The fraction of sp³-hybridized carbons (Fsp3) is 0.304. The number of aromatic nitrogens is 2. The van der Waals surface area contributed by atoms with Gasteiger partial charge >= 0.3 is 0 Å². The van der Waals surface area contributed by atoms with Crippen LogP contribution in [-0.2, 0) is 10.0 Å². The Bertz CT molecular complexity index is 1140. The van der Waals surface area contributed by atoms with E-state index in [9.17, 15) is 8.42 Å². The lowest BCUT2D eigenvalue weighted by Crippen LogP contribution is -2.37. The van der Waals surface area contributed by atoms with Crippen LogP contribution in [0.3, 0.4) is 0 Å². The van der Waals surface area contributed by atoms with Crippen LogP contribution in [0.25, 0.3) is 23.5 Å². The minimum atomic E-state index is -3.47. The number of benzene rings is 2. The van der Waals surface area contributed by atoms with E-state index < -0.39 is 10.0 Å². The maximum atomic E-state index is 12.9. The molecule has 0 atom stereocenters. The normalized spacial score (nSPS) is 16.1. The van der Waals surface area contributed by atoms with Crippen LogP contribution >= 0.6 is 0 Å². The van der Waals surface area contributed by atoms with Gasteiger partial charge in [0.05, 0.1) is 12.0 Å². The molecule has 4 rings (SSSR count). The quantitative estimate of drug-likeness (QED) is 0.568. The molecule has 1 aliphatic heterocycles. The van der Waals surface area contributed by atoms with Gasteiger partial charge in [-0.25, -0.2) is 8.42 Å². The molecule has 0 aliphatic carbocycles. The Morgan fingerprint density at radius 2 is 1.71 bits per heavy atom. The van der Waals surface area contributed by atoms with Gasteiger partial charge in [-0.3, -0.25) is 0 Å². The first kappa shape index (κ1) is 21.3. The Balaban J connectivity index is 1.46. The summed E-state index contributed by atoms with van der Waals surface area (Å²) in [5.41, 5.74) is 1.67. The number of ether oxygens (including phenoxy) is 1. The van der Waals surface area contributed by atoms with Crippen molar-refractivity contribution in [3.8, 4) is 17.1 Å². The average Bonchev–Trinajstić information content (AvgIpc) is 3.27. The Morgan fingerprint density at radius 1 is 1.03 bits per heavy atom. The van der Waals surface area contributed by atoms with Crippen molar-refractivity contribution >= 4 is 22.2 Å². The highest BCUT2D eigenvalue weighted by atomic mass is 32.2. The van der Waals surface area contributed by atoms with Crippen molar-refractivity contribution in [1.82, 2.24) is 14.4 Å². The summed E-state index contributed by atoms with van der Waals surface area (Å²) in [4.78, 5) is 4.66. The predicted octanol–water partition coefficient (Wildman–Crippen LogP) is 4.34. The van der Waals surface area contributed by atoms with Gasteiger partial charge in [0.2, 0.25) is 15.8 Å². The zero-order valence-electron chi connectivity index (χ0n) is 17.6. The highest BCUT2D eigenvalue weighted by molar-refractivity contribution is 7.89. The summed E-state index contributed by atoms with van der Waals surface area (Å²) in [6.45, 7) is 3.30. The fourth-order valence-corrected chi connectivity index (χ4v) is 4.92. The second-order valence-corrected chi connectivity index (χ2v) is 9.61. The van der Waals surface area contributed by atoms with Crippen LogP contribution < -0.4 is 4.74 Å². The summed E-state index contributed by atoms with van der Waals surface area (Å²) < 4.78 is 37.7. The maximum Gasteiger partial charge on any atom is 0.250 e. The minimum absolute atomic E-state index is 0.286. The summed E-state index contributed by atoms with van der Waals surface area (Å²) in [6.07, 6.45) is 5.39. The molecule has 1 saturated heterocycles. The van der Waals surface area contributed by atoms with Gasteiger partial charge in [0.15, 0.2) is 0 Å². The smallest absolute Gasteiger partial charge is 0.250 e. The van der Waals surface area contributed by atoms with Crippen molar-refractivity contribution in [1.29, 1.82) is 0 Å². The van der Waals surface area contributed by atoms with E-state index in [1.807, 2.05) is 30.3 Å². The van der Waals surface area contributed by atoms with Crippen LogP contribution in [0.15, 0.2) is 57.9 Å². The molecule has 1 aliphatic rings. The van der Waals surface area contributed by atoms with Crippen molar-refractivity contribution in [2.24, 2.45) is 5.92 Å². The topological polar surface area (TPSA) is 85.5 Å². The van der Waals surface area contributed by atoms with Crippen LogP contribution in [0.4, 0.5) is 0 Å². The number of hydrogen-bond acceptors (Lipinski definition) is 6. The minimum Gasteiger partial charge on any atom is -0.497 e. The molecule has 7 nitrogen and oxygen atoms in total. The average molecular weight is 440 g/mol. The van der Waals surface area contributed by atoms with Crippen molar-refractivity contribution in [3.05, 3.63) is 60.0 Å². The van der Waals surface area contributed by atoms with Gasteiger partial charge in [0.1, 0.15) is 5.75 Å². The van der Waals surface area contributed by atoms with Gasteiger partial charge in [-0.2, -0.15) is 9.29 Å². The second kappa shape index (κ2) is 9.03. The summed E-state index contributed by atoms with van der Waals surface area (Å²) in [6, 6.07) is 14.2. The highest BCUT2D eigenvalue weighted by Crippen LogP contribution is 2.25. The maximum absolute atomic E-state index is 12.9. The van der Waals surface area contributed by atoms with E-state index in [1.165, 1.54) is 0 Å². The number of hydrogen-bond donors (Lipinski definition) is 0. The first-order chi connectivity index (χ1) is 15.0. The molecule has 2 heterocycles. The number of sulfonamides is 1. The first-order valence-corrected chi connectivity index (χ1v) is 11.7. The van der Waals surface area contributed by atoms with Crippen molar-refractivity contribution in [2.45, 2.75) is 24.7 Å². The summed E-state index contributed by atoms with van der Waals surface area (Å²) in [5, 5.41) is 4.00. The number of rotatable bonds is 6. The monoisotopic (exact) mass is 439 g/mol. The van der Waals surface area contributed by atoms with Crippen LogP contribution in [0.5, 0.6) is 5.75 Å². The third-order valence-electron chi connectivity index (χ3n) is 5.47. The molecule has 0 saturated carbocycles. The zero-order chi connectivity index (χ0) is 21.8. The lowest BCUT2D eigenvalue weighted by Gasteiger charge is -2.29. The molecule has 0 spiro atoms. The predicted molar refractivity (Wildman–Crippen MR) is 119 cm³/mol. The lowest BCUT2D eigenvalue weighted by molar-refractivity contribution is 0.288. The van der Waals surface area contributed by atoms with E-state index >= 15 is 0 Å². The van der Waals surface area contributed by atoms with Crippen molar-refractivity contribution in [3.63, 3.8) is 0 Å². The molecule has 0 amide bonds. The van der Waals surface area contributed by atoms with E-state index in [1.54, 1.807) is 41.8 Å². The van der Waals surface area contributed by atoms with Crippen molar-refractivity contribution in [2.75, 3.05) is 20.2 Å². The molecule has 31 heavy (non-hydrogen) atoms. The van der Waals surface area contributed by atoms with Gasteiger partial charge in [0, 0.05) is 24.7 Å². The van der Waals surface area contributed by atoms with E-state index in [4.69, 9.17) is 9.26 Å². The Labute approximate surface area is 182 Å². The SMILES string of the molecule is COc1ccc(C=Cc2nc(-c3ccc(S(=O)(=O)N4CCC(C)CC4)cc3)no2)cc1. The van der Waals surface area contributed by atoms with Gasteiger partial charge < -0.3 is 9.26 Å². The number of methoxy groups -OCH3 is 1. The van der Waals surface area contributed by atoms with E-state index in [-0.39, 0.29) is 4.90 Å². The Kier molecular flexibility index (Phi) is 6.20. The van der Waals surface area contributed by atoms with Crippen LogP contribution in [0.2, 0.25) is 0 Å². The number of piperidine rings is 1. The molecule has 3 aromatic rings. The molecule has 0 bridgehead atoms. The van der Waals surface area contributed by atoms with E-state index in [2.05, 4.69) is 17.1 Å². The molecule has 162 valence electrons. The molecule has 2 aromatic carbocycles. The molecule has 1 aromatic heterocycles. The van der Waals surface area contributed by atoms with Gasteiger partial charge in [-0.15, -0.1) is 0 Å². The second-order valence-electron chi connectivity index (χ2n) is 7.67. The van der Waals surface area contributed by atoms with Gasteiger partial charge in [-0.05, 0) is 66.8 Å².